The predicted octanol–water partition coefficient (Wildman–Crippen LogP) is 3.25. The van der Waals surface area contributed by atoms with Crippen molar-refractivity contribution in [2.45, 2.75) is 45.2 Å². The molecule has 0 aromatic heterocycles. The van der Waals surface area contributed by atoms with Gasteiger partial charge in [-0.3, -0.25) is 4.90 Å². The van der Waals surface area contributed by atoms with Gasteiger partial charge >= 0.3 is 0 Å². The number of aryl methyl sites for hydroxylation is 1. The normalized spacial score (nSPS) is 29.8. The Labute approximate surface area is 103 Å². The minimum Gasteiger partial charge on any atom is -0.508 e. The molecule has 2 fully saturated rings. The van der Waals surface area contributed by atoms with Gasteiger partial charge in [-0.25, -0.2) is 0 Å². The monoisotopic (exact) mass is 231 g/mol. The minimum atomic E-state index is 0.353. The van der Waals surface area contributed by atoms with Crippen LogP contribution in [-0.2, 0) is 0 Å². The van der Waals surface area contributed by atoms with Crippen LogP contribution in [0.2, 0.25) is 0 Å². The van der Waals surface area contributed by atoms with Gasteiger partial charge in [-0.15, -0.1) is 0 Å². The first-order chi connectivity index (χ1) is 8.15. The molecule has 0 radical (unpaired) electrons. The van der Waals surface area contributed by atoms with Gasteiger partial charge in [-0.05, 0) is 50.7 Å². The SMILES string of the molecule is Cc1ccc(C(C)N2CC3CCC2C3)c(O)c1. The summed E-state index contributed by atoms with van der Waals surface area (Å²) in [5.74, 6) is 1.37. The molecule has 2 heteroatoms. The molecule has 3 unspecified atom stereocenters. The van der Waals surface area contributed by atoms with Gasteiger partial charge in [0.05, 0.1) is 0 Å². The standard InChI is InChI=1S/C15H21NO/c1-10-3-6-14(15(17)7-10)11(2)16-9-12-4-5-13(16)8-12/h3,6-7,11-13,17H,4-5,8-9H2,1-2H3. The number of nitrogens with zero attached hydrogens (tertiary/aromatic N) is 1. The van der Waals surface area contributed by atoms with Gasteiger partial charge in [0, 0.05) is 24.2 Å². The van der Waals surface area contributed by atoms with E-state index in [0.717, 1.165) is 23.1 Å². The summed E-state index contributed by atoms with van der Waals surface area (Å²) in [6.45, 7) is 5.47. The average molecular weight is 231 g/mol. The Kier molecular flexibility index (Phi) is 2.62. The summed E-state index contributed by atoms with van der Waals surface area (Å²) >= 11 is 0. The zero-order chi connectivity index (χ0) is 12.0. The number of benzene rings is 1. The number of phenols is 1. The molecule has 0 spiro atoms. The predicted molar refractivity (Wildman–Crippen MR) is 69.1 cm³/mol. The Morgan fingerprint density at radius 1 is 1.35 bits per heavy atom. The third-order valence-corrected chi connectivity index (χ3v) is 4.59. The molecule has 1 heterocycles. The second kappa shape index (κ2) is 4.02. The Morgan fingerprint density at radius 2 is 2.18 bits per heavy atom. The van der Waals surface area contributed by atoms with Gasteiger partial charge in [-0.1, -0.05) is 12.1 Å². The van der Waals surface area contributed by atoms with E-state index in [-0.39, 0.29) is 0 Å². The Morgan fingerprint density at radius 3 is 2.76 bits per heavy atom. The quantitative estimate of drug-likeness (QED) is 0.844. The van der Waals surface area contributed by atoms with Gasteiger partial charge in [-0.2, -0.15) is 0 Å². The van der Waals surface area contributed by atoms with E-state index in [4.69, 9.17) is 0 Å². The number of likely N-dealkylation sites (tertiary alicyclic amines) is 1. The third kappa shape index (κ3) is 1.85. The number of piperidine rings is 1. The molecule has 0 amide bonds. The van der Waals surface area contributed by atoms with E-state index in [2.05, 4.69) is 24.0 Å². The van der Waals surface area contributed by atoms with E-state index in [1.165, 1.54) is 25.8 Å². The van der Waals surface area contributed by atoms with Crippen LogP contribution in [0.5, 0.6) is 5.75 Å². The number of aromatic hydroxyl groups is 1. The molecule has 1 aromatic rings. The summed E-state index contributed by atoms with van der Waals surface area (Å²) in [5.41, 5.74) is 2.21. The maximum absolute atomic E-state index is 10.1. The number of phenolic OH excluding ortho intramolecular Hbond substituents is 1. The first-order valence-corrected chi connectivity index (χ1v) is 6.70. The summed E-state index contributed by atoms with van der Waals surface area (Å²) < 4.78 is 0. The third-order valence-electron chi connectivity index (χ3n) is 4.59. The van der Waals surface area contributed by atoms with E-state index in [0.29, 0.717) is 11.8 Å². The van der Waals surface area contributed by atoms with Gasteiger partial charge in [0.1, 0.15) is 5.75 Å². The van der Waals surface area contributed by atoms with Crippen LogP contribution in [0.3, 0.4) is 0 Å². The molecule has 92 valence electrons. The fourth-order valence-electron chi connectivity index (χ4n) is 3.62. The highest BCUT2D eigenvalue weighted by molar-refractivity contribution is 5.38. The van der Waals surface area contributed by atoms with Crippen molar-refractivity contribution >= 4 is 0 Å². The van der Waals surface area contributed by atoms with Gasteiger partial charge in [0.25, 0.3) is 0 Å². The molecule has 1 saturated heterocycles. The van der Waals surface area contributed by atoms with Crippen molar-refractivity contribution in [2.75, 3.05) is 6.54 Å². The topological polar surface area (TPSA) is 23.5 Å². The zero-order valence-electron chi connectivity index (χ0n) is 10.7. The van der Waals surface area contributed by atoms with Crippen LogP contribution in [0.25, 0.3) is 0 Å². The molecule has 3 rings (SSSR count). The zero-order valence-corrected chi connectivity index (χ0v) is 10.7. The van der Waals surface area contributed by atoms with E-state index >= 15 is 0 Å². The van der Waals surface area contributed by atoms with Crippen LogP contribution in [-0.4, -0.2) is 22.6 Å². The van der Waals surface area contributed by atoms with Crippen molar-refractivity contribution in [1.82, 2.24) is 4.90 Å². The average Bonchev–Trinajstić information content (AvgIpc) is 2.89. The van der Waals surface area contributed by atoms with Crippen LogP contribution in [0.1, 0.15) is 43.4 Å². The van der Waals surface area contributed by atoms with Crippen molar-refractivity contribution in [2.24, 2.45) is 5.92 Å². The molecule has 2 nitrogen and oxygen atoms in total. The smallest absolute Gasteiger partial charge is 0.120 e. The molecule has 1 N–H and O–H groups in total. The lowest BCUT2D eigenvalue weighted by molar-refractivity contribution is 0.158. The van der Waals surface area contributed by atoms with Crippen molar-refractivity contribution in [3.05, 3.63) is 29.3 Å². The summed E-state index contributed by atoms with van der Waals surface area (Å²) in [5, 5.41) is 10.1. The molecule has 1 aromatic carbocycles. The number of fused-ring (bicyclic) bond motifs is 2. The van der Waals surface area contributed by atoms with Gasteiger partial charge in [0.15, 0.2) is 0 Å². The second-order valence-electron chi connectivity index (χ2n) is 5.77. The fraction of sp³-hybridized carbons (Fsp3) is 0.600. The molecule has 1 saturated carbocycles. The maximum atomic E-state index is 10.1. The highest BCUT2D eigenvalue weighted by atomic mass is 16.3. The van der Waals surface area contributed by atoms with E-state index in [1.54, 1.807) is 0 Å². The van der Waals surface area contributed by atoms with Crippen LogP contribution < -0.4 is 0 Å². The van der Waals surface area contributed by atoms with Crippen LogP contribution in [0, 0.1) is 12.8 Å². The van der Waals surface area contributed by atoms with E-state index in [9.17, 15) is 5.11 Å². The summed E-state index contributed by atoms with van der Waals surface area (Å²) in [6.07, 6.45) is 4.13. The highest BCUT2D eigenvalue weighted by Crippen LogP contribution is 2.43. The van der Waals surface area contributed by atoms with Crippen LogP contribution in [0.15, 0.2) is 18.2 Å². The Balaban J connectivity index is 1.84. The lowest BCUT2D eigenvalue weighted by Crippen LogP contribution is -2.34. The van der Waals surface area contributed by atoms with E-state index in [1.807, 2.05) is 13.0 Å². The Hall–Kier alpha value is -1.02. The van der Waals surface area contributed by atoms with Gasteiger partial charge in [0.2, 0.25) is 0 Å². The minimum absolute atomic E-state index is 0.353. The van der Waals surface area contributed by atoms with Crippen LogP contribution in [0.4, 0.5) is 0 Å². The maximum Gasteiger partial charge on any atom is 0.120 e. The Bertz CT molecular complexity index is 429. The molecule has 2 aliphatic rings. The number of rotatable bonds is 2. The van der Waals surface area contributed by atoms with Crippen molar-refractivity contribution < 1.29 is 5.11 Å². The van der Waals surface area contributed by atoms with Crippen molar-refractivity contribution in [3.63, 3.8) is 0 Å². The highest BCUT2D eigenvalue weighted by Gasteiger charge is 2.40. The fourth-order valence-corrected chi connectivity index (χ4v) is 3.62. The molecular formula is C15H21NO. The molecule has 1 aliphatic carbocycles. The second-order valence-corrected chi connectivity index (χ2v) is 5.77. The molecule has 1 aliphatic heterocycles. The summed E-state index contributed by atoms with van der Waals surface area (Å²) in [4.78, 5) is 2.58. The lowest BCUT2D eigenvalue weighted by Gasteiger charge is -2.33. The molecule has 3 atom stereocenters. The first-order valence-electron chi connectivity index (χ1n) is 6.70. The largest absolute Gasteiger partial charge is 0.508 e. The molecule has 2 bridgehead atoms. The summed E-state index contributed by atoms with van der Waals surface area (Å²) in [6, 6.07) is 7.17. The number of hydrogen-bond acceptors (Lipinski definition) is 2. The molecule has 17 heavy (non-hydrogen) atoms. The first kappa shape index (κ1) is 11.1. The number of hydrogen-bond donors (Lipinski definition) is 1. The molecular weight excluding hydrogens is 210 g/mol. The van der Waals surface area contributed by atoms with Crippen molar-refractivity contribution in [1.29, 1.82) is 0 Å². The van der Waals surface area contributed by atoms with Crippen LogP contribution >= 0.6 is 0 Å². The van der Waals surface area contributed by atoms with Crippen molar-refractivity contribution in [3.8, 4) is 5.75 Å². The lowest BCUT2D eigenvalue weighted by atomic mass is 10.0. The van der Waals surface area contributed by atoms with Gasteiger partial charge < -0.3 is 5.11 Å². The van der Waals surface area contributed by atoms with E-state index < -0.39 is 0 Å². The summed E-state index contributed by atoms with van der Waals surface area (Å²) in [7, 11) is 0.